The van der Waals surface area contributed by atoms with Gasteiger partial charge in [0.25, 0.3) is 0 Å². The van der Waals surface area contributed by atoms with Crippen LogP contribution < -0.4 is 5.73 Å². The molecule has 6 heteroatoms. The van der Waals surface area contributed by atoms with E-state index in [0.29, 0.717) is 12.4 Å². The summed E-state index contributed by atoms with van der Waals surface area (Å²) < 4.78 is 29.5. The first-order valence-electron chi connectivity index (χ1n) is 8.49. The molecular formula is C19H23NO5. The van der Waals surface area contributed by atoms with E-state index in [1.165, 1.54) is 0 Å². The van der Waals surface area contributed by atoms with E-state index < -0.39 is 24.2 Å². The zero-order chi connectivity index (χ0) is 17.4. The molecule has 2 aliphatic heterocycles. The summed E-state index contributed by atoms with van der Waals surface area (Å²) in [6, 6.07) is 13.2. The van der Waals surface area contributed by atoms with Crippen LogP contribution in [-0.4, -0.2) is 30.4 Å². The minimum absolute atomic E-state index is 0.329. The average molecular weight is 345 g/mol. The maximum absolute atomic E-state index is 6.37. The maximum Gasteiger partial charge on any atom is 0.190 e. The molecule has 4 rings (SSSR count). The van der Waals surface area contributed by atoms with Crippen LogP contribution in [0.2, 0.25) is 0 Å². The summed E-state index contributed by atoms with van der Waals surface area (Å²) in [6.45, 7) is 4.18. The summed E-state index contributed by atoms with van der Waals surface area (Å²) in [6.07, 6.45) is 0.000497. The molecule has 134 valence electrons. The smallest absolute Gasteiger partial charge is 0.190 e. The number of ether oxygens (including phenoxy) is 4. The van der Waals surface area contributed by atoms with Gasteiger partial charge in [-0.2, -0.15) is 0 Å². The van der Waals surface area contributed by atoms with E-state index in [2.05, 4.69) is 0 Å². The fourth-order valence-corrected chi connectivity index (χ4v) is 3.39. The number of furan rings is 1. The van der Waals surface area contributed by atoms with Gasteiger partial charge in [-0.15, -0.1) is 0 Å². The molecule has 3 heterocycles. The Kier molecular flexibility index (Phi) is 4.39. The number of fused-ring (bicyclic) bond motifs is 1. The van der Waals surface area contributed by atoms with E-state index in [1.54, 1.807) is 12.3 Å². The molecule has 2 aliphatic rings. The zero-order valence-corrected chi connectivity index (χ0v) is 14.3. The van der Waals surface area contributed by atoms with Crippen LogP contribution in [0.3, 0.4) is 0 Å². The Morgan fingerprint density at radius 2 is 1.92 bits per heavy atom. The van der Waals surface area contributed by atoms with E-state index in [4.69, 9.17) is 29.1 Å². The van der Waals surface area contributed by atoms with E-state index in [0.717, 1.165) is 5.56 Å². The first-order chi connectivity index (χ1) is 12.0. The lowest BCUT2D eigenvalue weighted by Gasteiger charge is -2.28. The summed E-state index contributed by atoms with van der Waals surface area (Å²) >= 11 is 0. The van der Waals surface area contributed by atoms with Gasteiger partial charge in [0.1, 0.15) is 24.1 Å². The minimum atomic E-state index is -0.705. The van der Waals surface area contributed by atoms with Crippen LogP contribution in [0.1, 0.15) is 31.2 Å². The second-order valence-electron chi connectivity index (χ2n) is 6.87. The third kappa shape index (κ3) is 3.36. The monoisotopic (exact) mass is 345 g/mol. The van der Waals surface area contributed by atoms with Gasteiger partial charge in [-0.1, -0.05) is 30.3 Å². The van der Waals surface area contributed by atoms with E-state index in [1.807, 2.05) is 50.2 Å². The minimum Gasteiger partial charge on any atom is -0.468 e. The lowest BCUT2D eigenvalue weighted by Crippen LogP contribution is -2.42. The molecule has 0 radical (unpaired) electrons. The molecule has 0 unspecified atom stereocenters. The highest BCUT2D eigenvalue weighted by atomic mass is 16.8. The molecule has 2 fully saturated rings. The molecule has 2 saturated heterocycles. The van der Waals surface area contributed by atoms with Crippen molar-refractivity contribution in [3.8, 4) is 0 Å². The van der Waals surface area contributed by atoms with Gasteiger partial charge in [-0.3, -0.25) is 0 Å². The lowest BCUT2D eigenvalue weighted by molar-refractivity contribution is -0.222. The van der Waals surface area contributed by atoms with Crippen LogP contribution in [0.5, 0.6) is 0 Å². The van der Waals surface area contributed by atoms with Crippen LogP contribution in [0.4, 0.5) is 0 Å². The number of benzene rings is 1. The van der Waals surface area contributed by atoms with E-state index in [-0.39, 0.29) is 12.2 Å². The van der Waals surface area contributed by atoms with Crippen molar-refractivity contribution in [2.75, 3.05) is 0 Å². The van der Waals surface area contributed by atoms with Crippen molar-refractivity contribution in [2.24, 2.45) is 5.73 Å². The van der Waals surface area contributed by atoms with Crippen LogP contribution in [0, 0.1) is 0 Å². The van der Waals surface area contributed by atoms with Crippen molar-refractivity contribution in [3.63, 3.8) is 0 Å². The second kappa shape index (κ2) is 6.55. The Morgan fingerprint density at radius 1 is 1.12 bits per heavy atom. The number of rotatable bonds is 5. The molecule has 0 aliphatic carbocycles. The van der Waals surface area contributed by atoms with Crippen molar-refractivity contribution in [1.29, 1.82) is 0 Å². The predicted octanol–water partition coefficient (Wildman–Crippen LogP) is 2.74. The fourth-order valence-electron chi connectivity index (χ4n) is 3.39. The van der Waals surface area contributed by atoms with Gasteiger partial charge in [0.05, 0.1) is 18.9 Å². The highest BCUT2D eigenvalue weighted by molar-refractivity contribution is 5.14. The van der Waals surface area contributed by atoms with Gasteiger partial charge in [0.2, 0.25) is 0 Å². The Bertz CT molecular complexity index is 687. The average Bonchev–Trinajstić information content (AvgIpc) is 3.28. The number of nitrogens with two attached hydrogens (primary N) is 1. The Hall–Kier alpha value is -1.70. The largest absolute Gasteiger partial charge is 0.468 e. The lowest BCUT2D eigenvalue weighted by atomic mass is 10.0. The second-order valence-corrected chi connectivity index (χ2v) is 6.87. The predicted molar refractivity (Wildman–Crippen MR) is 89.4 cm³/mol. The molecule has 2 aromatic rings. The standard InChI is InChI=1S/C19H23NO5/c1-19(2)24-17-16(22-11-12-7-4-3-5-8-12)15(23-18(17)25-19)14(20)13-9-6-10-21-13/h3-10,14-18H,11,20H2,1-2H3/t14-,15+,16-,17+,18+/m0/s1. The number of hydrogen-bond donors (Lipinski definition) is 1. The van der Waals surface area contributed by atoms with Crippen LogP contribution in [0.25, 0.3) is 0 Å². The third-order valence-corrected chi connectivity index (χ3v) is 4.54. The van der Waals surface area contributed by atoms with E-state index in [9.17, 15) is 0 Å². The third-order valence-electron chi connectivity index (χ3n) is 4.54. The van der Waals surface area contributed by atoms with Crippen molar-refractivity contribution in [3.05, 3.63) is 60.1 Å². The molecule has 0 bridgehead atoms. The molecule has 2 N–H and O–H groups in total. The van der Waals surface area contributed by atoms with Crippen LogP contribution in [-0.2, 0) is 25.6 Å². The first kappa shape index (κ1) is 16.8. The Balaban J connectivity index is 1.53. The van der Waals surface area contributed by atoms with Crippen molar-refractivity contribution in [2.45, 2.75) is 56.9 Å². The van der Waals surface area contributed by atoms with Gasteiger partial charge in [0.15, 0.2) is 12.1 Å². The van der Waals surface area contributed by atoms with Crippen molar-refractivity contribution in [1.82, 2.24) is 0 Å². The van der Waals surface area contributed by atoms with Crippen molar-refractivity contribution < 1.29 is 23.4 Å². The molecule has 5 atom stereocenters. The van der Waals surface area contributed by atoms with Gasteiger partial charge in [0, 0.05) is 0 Å². The van der Waals surface area contributed by atoms with E-state index >= 15 is 0 Å². The first-order valence-corrected chi connectivity index (χ1v) is 8.49. The molecule has 0 saturated carbocycles. The maximum atomic E-state index is 6.37. The Labute approximate surface area is 146 Å². The quantitative estimate of drug-likeness (QED) is 0.898. The molecule has 1 aromatic heterocycles. The molecular weight excluding hydrogens is 322 g/mol. The number of hydrogen-bond acceptors (Lipinski definition) is 6. The summed E-state index contributed by atoms with van der Waals surface area (Å²) in [5, 5.41) is 0. The topological polar surface area (TPSA) is 76.1 Å². The summed E-state index contributed by atoms with van der Waals surface area (Å²) in [4.78, 5) is 0. The van der Waals surface area contributed by atoms with Gasteiger partial charge >= 0.3 is 0 Å². The highest BCUT2D eigenvalue weighted by Crippen LogP contribution is 2.42. The van der Waals surface area contributed by atoms with Gasteiger partial charge in [-0.25, -0.2) is 0 Å². The van der Waals surface area contributed by atoms with Gasteiger partial charge in [-0.05, 0) is 31.5 Å². The summed E-state index contributed by atoms with van der Waals surface area (Å²) in [5.41, 5.74) is 7.44. The van der Waals surface area contributed by atoms with Crippen molar-refractivity contribution >= 4 is 0 Å². The molecule has 1 aromatic carbocycles. The zero-order valence-electron chi connectivity index (χ0n) is 14.3. The van der Waals surface area contributed by atoms with Gasteiger partial charge < -0.3 is 29.1 Å². The summed E-state index contributed by atoms with van der Waals surface area (Å²) in [7, 11) is 0. The molecule has 25 heavy (non-hydrogen) atoms. The molecule has 0 amide bonds. The SMILES string of the molecule is CC1(C)O[C@H]2O[C@H]([C@@H](N)c3ccco3)[C@H](OCc3ccccc3)[C@H]2O1. The summed E-state index contributed by atoms with van der Waals surface area (Å²) in [5.74, 6) is -0.0544. The normalized spacial score (nSPS) is 31.8. The fraction of sp³-hybridized carbons (Fsp3) is 0.474. The van der Waals surface area contributed by atoms with Crippen LogP contribution >= 0.6 is 0 Å². The molecule has 6 nitrogen and oxygen atoms in total. The highest BCUT2D eigenvalue weighted by Gasteiger charge is 2.57. The Morgan fingerprint density at radius 3 is 2.64 bits per heavy atom. The molecule has 0 spiro atoms. The van der Waals surface area contributed by atoms with Crippen LogP contribution in [0.15, 0.2) is 53.1 Å².